The van der Waals surface area contributed by atoms with Crippen molar-refractivity contribution in [2.45, 2.75) is 52.2 Å². The zero-order valence-electron chi connectivity index (χ0n) is 16.4. The predicted octanol–water partition coefficient (Wildman–Crippen LogP) is 3.09. The van der Waals surface area contributed by atoms with Gasteiger partial charge in [-0.25, -0.2) is 9.59 Å². The molecule has 1 aliphatic heterocycles. The predicted molar refractivity (Wildman–Crippen MR) is 101 cm³/mol. The largest absolute Gasteiger partial charge is 0.444 e. The van der Waals surface area contributed by atoms with E-state index < -0.39 is 29.7 Å². The Hall–Kier alpha value is -2.83. The normalized spacial score (nSPS) is 16.6. The number of rotatable bonds is 2. The van der Waals surface area contributed by atoms with E-state index in [0.29, 0.717) is 0 Å². The van der Waals surface area contributed by atoms with Crippen molar-refractivity contribution in [3.8, 4) is 0 Å². The van der Waals surface area contributed by atoms with E-state index in [-0.39, 0.29) is 6.42 Å². The minimum Gasteiger partial charge on any atom is -0.444 e. The minimum absolute atomic E-state index is 0.141. The summed E-state index contributed by atoms with van der Waals surface area (Å²) >= 11 is 0. The van der Waals surface area contributed by atoms with Crippen LogP contribution in [0.15, 0.2) is 30.5 Å². The molecule has 3 rings (SSSR count). The summed E-state index contributed by atoms with van der Waals surface area (Å²) in [5, 5.41) is 3.65. The van der Waals surface area contributed by atoms with Crippen LogP contribution in [0.25, 0.3) is 10.9 Å². The second-order valence-electron chi connectivity index (χ2n) is 7.33. The third-order valence-corrected chi connectivity index (χ3v) is 3.92. The van der Waals surface area contributed by atoms with Gasteiger partial charge in [0.15, 0.2) is 0 Å². The van der Waals surface area contributed by atoms with Gasteiger partial charge in [0.2, 0.25) is 0 Å². The molecule has 1 aliphatic rings. The first kappa shape index (κ1) is 20.5. The van der Waals surface area contributed by atoms with E-state index in [1.165, 1.54) is 16.5 Å². The first-order valence-electron chi connectivity index (χ1n) is 8.87. The number of aryl methyl sites for hydroxylation is 2. The topological polar surface area (TPSA) is 86.6 Å². The Morgan fingerprint density at radius 1 is 1.30 bits per heavy atom. The molecule has 1 amide bonds. The van der Waals surface area contributed by atoms with Gasteiger partial charge in [-0.2, -0.15) is 0 Å². The molecule has 2 aromatic rings. The van der Waals surface area contributed by atoms with Crippen LogP contribution in [0, 0.1) is 0 Å². The summed E-state index contributed by atoms with van der Waals surface area (Å²) in [4.78, 5) is 32.9. The van der Waals surface area contributed by atoms with Crippen LogP contribution in [-0.2, 0) is 32.5 Å². The number of benzene rings is 1. The molecule has 7 nitrogen and oxygen atoms in total. The number of alkyl carbamates (subject to hydrolysis) is 1. The van der Waals surface area contributed by atoms with Gasteiger partial charge in [-0.05, 0) is 38.8 Å². The van der Waals surface area contributed by atoms with Crippen LogP contribution in [-0.4, -0.2) is 34.2 Å². The number of nitrogens with one attached hydrogen (secondary N) is 1. The number of carbonyl (C=O) groups is 3. The van der Waals surface area contributed by atoms with E-state index in [9.17, 15) is 14.4 Å². The summed E-state index contributed by atoms with van der Waals surface area (Å²) in [5.74, 6) is -1.38. The smallest absolute Gasteiger partial charge is 0.408 e. The van der Waals surface area contributed by atoms with Gasteiger partial charge in [0.05, 0.1) is 6.42 Å². The van der Waals surface area contributed by atoms with Crippen LogP contribution in [0.4, 0.5) is 4.79 Å². The van der Waals surface area contributed by atoms with Crippen molar-refractivity contribution in [2.24, 2.45) is 7.05 Å². The lowest BCUT2D eigenvalue weighted by molar-refractivity contribution is -0.152. The molecule has 1 unspecified atom stereocenters. The van der Waals surface area contributed by atoms with Crippen molar-refractivity contribution >= 4 is 28.9 Å². The summed E-state index contributed by atoms with van der Waals surface area (Å²) in [5.41, 5.74) is 2.12. The molecule has 1 saturated heterocycles. The Balaban J connectivity index is 0.000000198. The lowest BCUT2D eigenvalue weighted by Crippen LogP contribution is -2.41. The zero-order chi connectivity index (χ0) is 20.2. The maximum atomic E-state index is 11.2. The Bertz CT molecular complexity index is 848. The van der Waals surface area contributed by atoms with Gasteiger partial charge in [0.25, 0.3) is 0 Å². The molecule has 1 aromatic heterocycles. The van der Waals surface area contributed by atoms with Gasteiger partial charge in [-0.1, -0.05) is 25.1 Å². The molecule has 0 aliphatic carbocycles. The molecule has 1 atom stereocenters. The average Bonchev–Trinajstić information content (AvgIpc) is 3.05. The quantitative estimate of drug-likeness (QED) is 0.645. The van der Waals surface area contributed by atoms with Crippen molar-refractivity contribution in [3.63, 3.8) is 0 Å². The third kappa shape index (κ3) is 5.57. The molecule has 0 saturated carbocycles. The van der Waals surface area contributed by atoms with Crippen LogP contribution in [0.3, 0.4) is 0 Å². The molecule has 146 valence electrons. The lowest BCUT2D eigenvalue weighted by Gasteiger charge is -2.20. The van der Waals surface area contributed by atoms with Crippen LogP contribution in [0.2, 0.25) is 0 Å². The molecule has 1 fully saturated rings. The van der Waals surface area contributed by atoms with Crippen molar-refractivity contribution in [3.05, 3.63) is 36.0 Å². The molecule has 0 bridgehead atoms. The van der Waals surface area contributed by atoms with Gasteiger partial charge in [-0.15, -0.1) is 0 Å². The van der Waals surface area contributed by atoms with E-state index >= 15 is 0 Å². The molecular weight excluding hydrogens is 348 g/mol. The Morgan fingerprint density at radius 2 is 1.96 bits per heavy atom. The standard InChI is InChI=1S/C11H13N.C9H13NO5/c1-3-9-8-12(2)11-7-5-4-6-10(9)11;1-9(2,3)15-8(13)10-5-4-6(11)14-7(5)12/h4-8H,3H2,1-2H3;5H,4H2,1-3H3,(H,10,13). The van der Waals surface area contributed by atoms with Gasteiger partial charge in [0.1, 0.15) is 11.6 Å². The number of amides is 1. The number of fused-ring (bicyclic) bond motifs is 1. The fourth-order valence-electron chi connectivity index (χ4n) is 2.74. The number of ether oxygens (including phenoxy) is 2. The van der Waals surface area contributed by atoms with Gasteiger partial charge in [0, 0.05) is 24.1 Å². The van der Waals surface area contributed by atoms with Crippen molar-refractivity contribution in [1.29, 1.82) is 0 Å². The van der Waals surface area contributed by atoms with Crippen molar-refractivity contribution < 1.29 is 23.9 Å². The summed E-state index contributed by atoms with van der Waals surface area (Å²) in [6.07, 6.45) is 2.45. The summed E-state index contributed by atoms with van der Waals surface area (Å²) in [6.45, 7) is 7.29. The van der Waals surface area contributed by atoms with E-state index in [2.05, 4.69) is 59.1 Å². The molecule has 0 radical (unpaired) electrons. The lowest BCUT2D eigenvalue weighted by atomic mass is 10.1. The van der Waals surface area contributed by atoms with E-state index in [1.807, 2.05) is 0 Å². The minimum atomic E-state index is -0.924. The first-order chi connectivity index (χ1) is 12.6. The first-order valence-corrected chi connectivity index (χ1v) is 8.87. The van der Waals surface area contributed by atoms with E-state index in [0.717, 1.165) is 6.42 Å². The molecule has 0 spiro atoms. The van der Waals surface area contributed by atoms with Gasteiger partial charge < -0.3 is 19.4 Å². The number of nitrogens with zero attached hydrogens (tertiary/aromatic N) is 1. The number of cyclic esters (lactones) is 2. The van der Waals surface area contributed by atoms with Gasteiger partial charge in [-0.3, -0.25) is 4.79 Å². The monoisotopic (exact) mass is 374 g/mol. The fourth-order valence-corrected chi connectivity index (χ4v) is 2.74. The number of hydrogen-bond donors (Lipinski definition) is 1. The summed E-state index contributed by atoms with van der Waals surface area (Å²) in [7, 11) is 2.10. The van der Waals surface area contributed by atoms with Crippen molar-refractivity contribution in [1.82, 2.24) is 9.88 Å². The van der Waals surface area contributed by atoms with Crippen LogP contribution < -0.4 is 5.32 Å². The number of aromatic nitrogens is 1. The molecule has 27 heavy (non-hydrogen) atoms. The fraction of sp³-hybridized carbons (Fsp3) is 0.450. The second kappa shape index (κ2) is 8.24. The second-order valence-corrected chi connectivity index (χ2v) is 7.33. The van der Waals surface area contributed by atoms with Crippen LogP contribution >= 0.6 is 0 Å². The third-order valence-electron chi connectivity index (χ3n) is 3.92. The van der Waals surface area contributed by atoms with E-state index in [4.69, 9.17) is 4.74 Å². The highest BCUT2D eigenvalue weighted by molar-refractivity contribution is 5.98. The van der Waals surface area contributed by atoms with Crippen LogP contribution in [0.5, 0.6) is 0 Å². The van der Waals surface area contributed by atoms with E-state index in [1.54, 1.807) is 20.8 Å². The highest BCUT2D eigenvalue weighted by Crippen LogP contribution is 2.20. The van der Waals surface area contributed by atoms with Crippen LogP contribution in [0.1, 0.15) is 39.7 Å². The highest BCUT2D eigenvalue weighted by Gasteiger charge is 2.35. The number of carbonyl (C=O) groups excluding carboxylic acids is 3. The Morgan fingerprint density at radius 3 is 2.52 bits per heavy atom. The summed E-state index contributed by atoms with van der Waals surface area (Å²) < 4.78 is 11.4. The highest BCUT2D eigenvalue weighted by atomic mass is 16.6. The Kier molecular flexibility index (Phi) is 6.25. The molecule has 1 N–H and O–H groups in total. The number of esters is 2. The molecule has 2 heterocycles. The Labute approximate surface area is 158 Å². The maximum Gasteiger partial charge on any atom is 0.408 e. The summed E-state index contributed by atoms with van der Waals surface area (Å²) in [6, 6.07) is 7.61. The van der Waals surface area contributed by atoms with Crippen molar-refractivity contribution in [2.75, 3.05) is 0 Å². The number of para-hydroxylation sites is 1. The molecular formula is C20H26N2O5. The number of hydrogen-bond acceptors (Lipinski definition) is 5. The molecule has 7 heteroatoms. The SMILES string of the molecule is CC(C)(C)OC(=O)NC1CC(=O)OC1=O.CCc1cn(C)c2ccccc12. The van der Waals surface area contributed by atoms with Gasteiger partial charge >= 0.3 is 18.0 Å². The zero-order valence-corrected chi connectivity index (χ0v) is 16.4. The average molecular weight is 374 g/mol. The maximum absolute atomic E-state index is 11.2. The molecule has 1 aromatic carbocycles.